The van der Waals surface area contributed by atoms with Crippen molar-refractivity contribution in [3.63, 3.8) is 0 Å². The van der Waals surface area contributed by atoms with E-state index in [0.717, 1.165) is 12.8 Å². The number of hydrogen-bond donors (Lipinski definition) is 1. The summed E-state index contributed by atoms with van der Waals surface area (Å²) in [6.07, 6.45) is 3.42. The van der Waals surface area contributed by atoms with Crippen LogP contribution in [0, 0.1) is 16.7 Å². The molecule has 1 N–H and O–H groups in total. The van der Waals surface area contributed by atoms with Crippen molar-refractivity contribution in [1.82, 2.24) is 0 Å². The Bertz CT molecular complexity index is 544. The van der Waals surface area contributed by atoms with E-state index < -0.39 is 5.97 Å². The van der Waals surface area contributed by atoms with Gasteiger partial charge in [0.25, 0.3) is 0 Å². The first-order valence-electron chi connectivity index (χ1n) is 7.33. The Labute approximate surface area is 120 Å². The maximum Gasteiger partial charge on any atom is 0.342 e. The number of rotatable bonds is 2. The van der Waals surface area contributed by atoms with Gasteiger partial charge >= 0.3 is 5.97 Å². The summed E-state index contributed by atoms with van der Waals surface area (Å²) in [5.74, 6) is 0.216. The van der Waals surface area contributed by atoms with Crippen LogP contribution in [-0.4, -0.2) is 17.2 Å². The Morgan fingerprint density at radius 3 is 2.60 bits per heavy atom. The number of carbonyl (C=O) groups is 1. The van der Waals surface area contributed by atoms with Crippen LogP contribution in [0.25, 0.3) is 0 Å². The molecule has 0 aliphatic heterocycles. The zero-order valence-corrected chi connectivity index (χ0v) is 12.3. The van der Waals surface area contributed by atoms with E-state index in [2.05, 4.69) is 20.8 Å². The molecule has 1 aromatic rings. The quantitative estimate of drug-likeness (QED) is 0.835. The largest absolute Gasteiger partial charge is 0.507 e. The van der Waals surface area contributed by atoms with Gasteiger partial charge in [-0.25, -0.2) is 4.79 Å². The van der Waals surface area contributed by atoms with Gasteiger partial charge in [-0.2, -0.15) is 0 Å². The molecule has 2 aliphatic rings. The number of fused-ring (bicyclic) bond motifs is 2. The summed E-state index contributed by atoms with van der Waals surface area (Å²) in [5.41, 5.74) is 0.371. The first kappa shape index (κ1) is 13.5. The molecule has 3 nitrogen and oxygen atoms in total. The van der Waals surface area contributed by atoms with E-state index in [1.165, 1.54) is 12.5 Å². The third-order valence-corrected chi connectivity index (χ3v) is 5.49. The number of carbonyl (C=O) groups excluding carboxylic acids is 1. The molecule has 0 spiro atoms. The Morgan fingerprint density at radius 1 is 1.30 bits per heavy atom. The van der Waals surface area contributed by atoms with Gasteiger partial charge in [0, 0.05) is 10.8 Å². The van der Waals surface area contributed by atoms with Gasteiger partial charge in [-0.05, 0) is 37.3 Å². The smallest absolute Gasteiger partial charge is 0.342 e. The second-order valence-electron chi connectivity index (χ2n) is 7.22. The highest BCUT2D eigenvalue weighted by Gasteiger charge is 2.61. The number of aromatic hydroxyl groups is 1. The number of phenolic OH excluding ortho intramolecular Hbond substituents is 1. The number of esters is 1. The third-order valence-electron chi connectivity index (χ3n) is 5.49. The van der Waals surface area contributed by atoms with Crippen molar-refractivity contribution in [3.05, 3.63) is 29.8 Å². The Morgan fingerprint density at radius 2 is 2.00 bits per heavy atom. The van der Waals surface area contributed by atoms with E-state index in [1.807, 2.05) is 0 Å². The number of phenols is 1. The Hall–Kier alpha value is -1.51. The van der Waals surface area contributed by atoms with Crippen LogP contribution in [0.3, 0.4) is 0 Å². The summed E-state index contributed by atoms with van der Waals surface area (Å²) in [7, 11) is 0. The van der Waals surface area contributed by atoms with Gasteiger partial charge in [0.15, 0.2) is 0 Å². The van der Waals surface area contributed by atoms with Crippen molar-refractivity contribution in [2.24, 2.45) is 16.7 Å². The summed E-state index contributed by atoms with van der Waals surface area (Å²) < 4.78 is 5.83. The van der Waals surface area contributed by atoms with Crippen LogP contribution in [0.4, 0.5) is 0 Å². The van der Waals surface area contributed by atoms with Crippen LogP contribution in [0.5, 0.6) is 5.75 Å². The lowest BCUT2D eigenvalue weighted by Gasteiger charge is -2.41. The van der Waals surface area contributed by atoms with Gasteiger partial charge in [0.2, 0.25) is 0 Å². The minimum atomic E-state index is -0.407. The van der Waals surface area contributed by atoms with Gasteiger partial charge in [0.1, 0.15) is 17.4 Å². The highest BCUT2D eigenvalue weighted by molar-refractivity contribution is 5.92. The van der Waals surface area contributed by atoms with Gasteiger partial charge in [0.05, 0.1) is 0 Å². The molecule has 2 bridgehead atoms. The van der Waals surface area contributed by atoms with E-state index >= 15 is 0 Å². The molecule has 0 unspecified atom stereocenters. The van der Waals surface area contributed by atoms with Crippen molar-refractivity contribution < 1.29 is 14.6 Å². The average molecular weight is 274 g/mol. The lowest BCUT2D eigenvalue weighted by atomic mass is 9.70. The maximum atomic E-state index is 12.3. The molecule has 3 heteroatoms. The number of para-hydroxylation sites is 1. The molecule has 0 radical (unpaired) electrons. The van der Waals surface area contributed by atoms with Crippen LogP contribution in [0.2, 0.25) is 0 Å². The molecule has 108 valence electrons. The fraction of sp³-hybridized carbons (Fsp3) is 0.588. The van der Waals surface area contributed by atoms with E-state index in [1.54, 1.807) is 18.2 Å². The van der Waals surface area contributed by atoms with Crippen molar-refractivity contribution in [1.29, 1.82) is 0 Å². The molecule has 1 aromatic carbocycles. The van der Waals surface area contributed by atoms with Crippen LogP contribution >= 0.6 is 0 Å². The molecule has 0 saturated heterocycles. The molecular weight excluding hydrogens is 252 g/mol. The molecule has 3 atom stereocenters. The van der Waals surface area contributed by atoms with Crippen LogP contribution in [-0.2, 0) is 4.74 Å². The monoisotopic (exact) mass is 274 g/mol. The van der Waals surface area contributed by atoms with Gasteiger partial charge in [-0.3, -0.25) is 0 Å². The van der Waals surface area contributed by atoms with Crippen molar-refractivity contribution in [3.8, 4) is 5.75 Å². The minimum absolute atomic E-state index is 0.0105. The van der Waals surface area contributed by atoms with Crippen molar-refractivity contribution in [2.75, 3.05) is 0 Å². The summed E-state index contributed by atoms with van der Waals surface area (Å²) in [4.78, 5) is 12.3. The molecule has 2 aliphatic carbocycles. The lowest BCUT2D eigenvalue weighted by molar-refractivity contribution is -0.0585. The van der Waals surface area contributed by atoms with E-state index in [9.17, 15) is 9.90 Å². The van der Waals surface area contributed by atoms with Crippen molar-refractivity contribution in [2.45, 2.75) is 46.1 Å². The fourth-order valence-corrected chi connectivity index (χ4v) is 4.37. The molecule has 2 fully saturated rings. The molecule has 0 aromatic heterocycles. The van der Waals surface area contributed by atoms with E-state index in [4.69, 9.17) is 4.74 Å². The minimum Gasteiger partial charge on any atom is -0.507 e. The number of ether oxygens (including phenoxy) is 1. The molecule has 0 amide bonds. The van der Waals surface area contributed by atoms with Crippen LogP contribution in [0.1, 0.15) is 50.4 Å². The first-order valence-corrected chi connectivity index (χ1v) is 7.33. The lowest BCUT2D eigenvalue weighted by Crippen LogP contribution is -2.43. The second kappa shape index (κ2) is 4.24. The molecular formula is C17H22O3. The highest BCUT2D eigenvalue weighted by atomic mass is 16.5. The zero-order chi connectivity index (χ0) is 14.5. The molecule has 2 saturated carbocycles. The highest BCUT2D eigenvalue weighted by Crippen LogP contribution is 2.63. The predicted molar refractivity (Wildman–Crippen MR) is 76.5 cm³/mol. The molecule has 3 rings (SSSR count). The van der Waals surface area contributed by atoms with E-state index in [-0.39, 0.29) is 28.2 Å². The number of benzene rings is 1. The van der Waals surface area contributed by atoms with Gasteiger partial charge < -0.3 is 9.84 Å². The van der Waals surface area contributed by atoms with Crippen LogP contribution < -0.4 is 0 Å². The normalized spacial score (nSPS) is 34.1. The predicted octanol–water partition coefficient (Wildman–Crippen LogP) is 3.76. The summed E-state index contributed by atoms with van der Waals surface area (Å²) in [6.45, 7) is 6.63. The number of hydrogen-bond acceptors (Lipinski definition) is 3. The summed E-state index contributed by atoms with van der Waals surface area (Å²) >= 11 is 0. The zero-order valence-electron chi connectivity index (χ0n) is 12.3. The van der Waals surface area contributed by atoms with Gasteiger partial charge in [-0.15, -0.1) is 0 Å². The summed E-state index contributed by atoms with van der Waals surface area (Å²) in [6, 6.07) is 6.57. The Kier molecular flexibility index (Phi) is 2.86. The standard InChI is InChI=1S/C17H22O3/c1-16(2)11-8-9-17(3,10-11)15(16)20-14(19)12-6-4-5-7-13(12)18/h4-7,11,15,18H,8-10H2,1-3H3/t11-,15+,17+/m0/s1. The van der Waals surface area contributed by atoms with Crippen molar-refractivity contribution >= 4 is 5.97 Å². The maximum absolute atomic E-state index is 12.3. The fourth-order valence-electron chi connectivity index (χ4n) is 4.37. The molecule has 0 heterocycles. The van der Waals surface area contributed by atoms with Gasteiger partial charge in [-0.1, -0.05) is 32.9 Å². The topological polar surface area (TPSA) is 46.5 Å². The second-order valence-corrected chi connectivity index (χ2v) is 7.22. The Balaban J connectivity index is 1.85. The van der Waals surface area contributed by atoms with Crippen LogP contribution in [0.15, 0.2) is 24.3 Å². The average Bonchev–Trinajstić information content (AvgIpc) is 2.86. The SMILES string of the molecule is CC1(C)[C@H]2CC[C@](C)(C2)[C@@H]1OC(=O)c1ccccc1O. The molecule has 20 heavy (non-hydrogen) atoms. The third kappa shape index (κ3) is 1.83. The first-order chi connectivity index (χ1) is 9.34. The summed E-state index contributed by atoms with van der Waals surface area (Å²) in [5, 5.41) is 9.78. The van der Waals surface area contributed by atoms with E-state index in [0.29, 0.717) is 5.92 Å².